The van der Waals surface area contributed by atoms with Gasteiger partial charge < -0.3 is 15.6 Å². The first-order valence-corrected chi connectivity index (χ1v) is 11.3. The molecule has 1 aliphatic heterocycles. The molecule has 1 aromatic carbocycles. The number of nitrogens with two attached hydrogens (primary N) is 1. The molecular weight excluding hydrogens is 532 g/mol. The number of ether oxygens (including phenoxy) is 1. The summed E-state index contributed by atoms with van der Waals surface area (Å²) in [6, 6.07) is 9.92. The molecule has 0 aliphatic carbocycles. The van der Waals surface area contributed by atoms with E-state index in [0.717, 1.165) is 5.39 Å². The molecule has 0 amide bonds. The van der Waals surface area contributed by atoms with Crippen molar-refractivity contribution < 1.29 is 23.0 Å². The Bertz CT molecular complexity index is 1370. The van der Waals surface area contributed by atoms with Gasteiger partial charge in [0, 0.05) is 30.7 Å². The van der Waals surface area contributed by atoms with Crippen molar-refractivity contribution in [2.45, 2.75) is 37.7 Å². The second kappa shape index (κ2) is 11.4. The number of alkyl halides is 3. The number of aromatic nitrogens is 4. The van der Waals surface area contributed by atoms with Crippen LogP contribution in [0.15, 0.2) is 48.7 Å². The zero-order valence-corrected chi connectivity index (χ0v) is 21.4. The van der Waals surface area contributed by atoms with Gasteiger partial charge in [0.25, 0.3) is 0 Å². The number of para-hydroxylation sites is 1. The molecule has 3 atom stereocenters. The molecule has 0 bridgehead atoms. The Morgan fingerprint density at radius 3 is 2.59 bits per heavy atom. The molecular formula is C24H27Cl2F3N6O2. The lowest BCUT2D eigenvalue weighted by Gasteiger charge is -2.30. The summed E-state index contributed by atoms with van der Waals surface area (Å²) in [5.41, 5.74) is 7.36. The molecule has 8 nitrogen and oxygen atoms in total. The largest absolute Gasteiger partial charge is 0.489 e. The first kappa shape index (κ1) is 28.9. The van der Waals surface area contributed by atoms with Crippen molar-refractivity contribution in [2.24, 2.45) is 5.73 Å². The lowest BCUT2D eigenvalue weighted by Crippen LogP contribution is -2.38. The highest BCUT2D eigenvalue weighted by molar-refractivity contribution is 5.86. The van der Waals surface area contributed by atoms with E-state index in [1.54, 1.807) is 19.1 Å². The minimum Gasteiger partial charge on any atom is -0.489 e. The molecule has 0 saturated carbocycles. The monoisotopic (exact) mass is 558 g/mol. The summed E-state index contributed by atoms with van der Waals surface area (Å²) in [5, 5.41) is 18.7. The predicted octanol–water partition coefficient (Wildman–Crippen LogP) is 4.18. The highest BCUT2D eigenvalue weighted by Crippen LogP contribution is 2.39. The van der Waals surface area contributed by atoms with Crippen LogP contribution in [0.25, 0.3) is 28.1 Å². The Morgan fingerprint density at radius 2 is 1.92 bits per heavy atom. The van der Waals surface area contributed by atoms with Crippen LogP contribution in [-0.4, -0.2) is 67.6 Å². The van der Waals surface area contributed by atoms with Gasteiger partial charge in [-0.15, -0.1) is 35.0 Å². The van der Waals surface area contributed by atoms with Crippen molar-refractivity contribution in [1.29, 1.82) is 0 Å². The van der Waals surface area contributed by atoms with Gasteiger partial charge >= 0.3 is 6.18 Å². The number of pyridine rings is 2. The zero-order valence-electron chi connectivity index (χ0n) is 19.8. The van der Waals surface area contributed by atoms with Crippen LogP contribution in [-0.2, 0) is 0 Å². The maximum atomic E-state index is 14.1. The van der Waals surface area contributed by atoms with Crippen LogP contribution in [0.3, 0.4) is 0 Å². The third kappa shape index (κ3) is 5.91. The molecule has 4 aromatic rings. The summed E-state index contributed by atoms with van der Waals surface area (Å²) >= 11 is 0. The van der Waals surface area contributed by atoms with Crippen LogP contribution < -0.4 is 10.5 Å². The van der Waals surface area contributed by atoms with Gasteiger partial charge in [0.2, 0.25) is 0 Å². The molecule has 4 heterocycles. The lowest BCUT2D eigenvalue weighted by molar-refractivity contribution is -0.183. The van der Waals surface area contributed by atoms with Gasteiger partial charge in [-0.25, -0.2) is 4.98 Å². The summed E-state index contributed by atoms with van der Waals surface area (Å²) < 4.78 is 49.6. The third-order valence-electron chi connectivity index (χ3n) is 6.06. The number of aliphatic hydroxyl groups is 1. The van der Waals surface area contributed by atoms with E-state index < -0.39 is 18.3 Å². The number of fused-ring (bicyclic) bond motifs is 2. The maximum absolute atomic E-state index is 14.1. The maximum Gasteiger partial charge on any atom is 0.408 e. The van der Waals surface area contributed by atoms with Gasteiger partial charge in [0.1, 0.15) is 29.6 Å². The number of likely N-dealkylation sites (tertiary alicyclic amines) is 1. The first-order valence-electron chi connectivity index (χ1n) is 11.3. The fourth-order valence-corrected chi connectivity index (χ4v) is 4.47. The van der Waals surface area contributed by atoms with Gasteiger partial charge in [-0.1, -0.05) is 24.3 Å². The topological polar surface area (TPSA) is 102 Å². The molecule has 0 unspecified atom stereocenters. The van der Waals surface area contributed by atoms with Crippen molar-refractivity contribution in [3.63, 3.8) is 0 Å². The number of hydrogen-bond acceptors (Lipinski definition) is 7. The Hall–Kier alpha value is -2.70. The average Bonchev–Trinajstić information content (AvgIpc) is 3.42. The third-order valence-corrected chi connectivity index (χ3v) is 6.06. The van der Waals surface area contributed by atoms with Crippen LogP contribution >= 0.6 is 24.8 Å². The van der Waals surface area contributed by atoms with E-state index in [1.807, 2.05) is 18.2 Å². The SMILES string of the molecule is C[C@H](O)COc1cccc2ccc(-c3nnc4ccc([C@@H](N5CC[C@H](N)C5)C(F)(F)F)cn34)nc12.Cl.Cl. The van der Waals surface area contributed by atoms with Crippen molar-refractivity contribution in [3.05, 3.63) is 54.2 Å². The first-order chi connectivity index (χ1) is 16.7. The molecule has 200 valence electrons. The molecule has 3 N–H and O–H groups in total. The van der Waals surface area contributed by atoms with Crippen LogP contribution in [0, 0.1) is 0 Å². The molecule has 5 rings (SSSR count). The van der Waals surface area contributed by atoms with E-state index in [-0.39, 0.29) is 56.1 Å². The van der Waals surface area contributed by atoms with E-state index in [0.29, 0.717) is 34.9 Å². The Labute approximate surface area is 223 Å². The Morgan fingerprint density at radius 1 is 1.14 bits per heavy atom. The smallest absolute Gasteiger partial charge is 0.408 e. The lowest BCUT2D eigenvalue weighted by atomic mass is 10.1. The van der Waals surface area contributed by atoms with Crippen LogP contribution in [0.4, 0.5) is 13.2 Å². The van der Waals surface area contributed by atoms with Gasteiger partial charge in [0.05, 0.1) is 6.10 Å². The van der Waals surface area contributed by atoms with Crippen molar-refractivity contribution in [2.75, 3.05) is 19.7 Å². The summed E-state index contributed by atoms with van der Waals surface area (Å²) in [5.74, 6) is 0.801. The van der Waals surface area contributed by atoms with Crippen LogP contribution in [0.5, 0.6) is 5.75 Å². The highest BCUT2D eigenvalue weighted by Gasteiger charge is 2.46. The number of rotatable bonds is 6. The van der Waals surface area contributed by atoms with Crippen molar-refractivity contribution in [1.82, 2.24) is 24.5 Å². The van der Waals surface area contributed by atoms with Crippen LogP contribution in [0.1, 0.15) is 24.9 Å². The van der Waals surface area contributed by atoms with E-state index >= 15 is 0 Å². The number of nitrogens with zero attached hydrogens (tertiary/aromatic N) is 5. The fraction of sp³-hybridized carbons (Fsp3) is 0.375. The molecule has 0 radical (unpaired) electrons. The zero-order chi connectivity index (χ0) is 24.7. The molecule has 0 spiro atoms. The van der Waals surface area contributed by atoms with Crippen LogP contribution in [0.2, 0.25) is 0 Å². The predicted molar refractivity (Wildman–Crippen MR) is 138 cm³/mol. The van der Waals surface area contributed by atoms with Gasteiger partial charge in [-0.3, -0.25) is 9.30 Å². The highest BCUT2D eigenvalue weighted by atomic mass is 35.5. The number of aliphatic hydroxyl groups excluding tert-OH is 1. The van der Waals surface area contributed by atoms with E-state index in [1.165, 1.54) is 27.6 Å². The second-order valence-electron chi connectivity index (χ2n) is 8.89. The van der Waals surface area contributed by atoms with Gasteiger partial charge in [-0.2, -0.15) is 13.2 Å². The van der Waals surface area contributed by atoms with E-state index in [9.17, 15) is 18.3 Å². The van der Waals surface area contributed by atoms with E-state index in [2.05, 4.69) is 15.2 Å². The average molecular weight is 559 g/mol. The Kier molecular flexibility index (Phi) is 8.86. The minimum absolute atomic E-state index is 0. The summed E-state index contributed by atoms with van der Waals surface area (Å²) in [6.45, 7) is 2.17. The number of benzene rings is 1. The quantitative estimate of drug-likeness (QED) is 0.366. The van der Waals surface area contributed by atoms with Crippen molar-refractivity contribution >= 4 is 41.4 Å². The van der Waals surface area contributed by atoms with Crippen molar-refractivity contribution in [3.8, 4) is 17.3 Å². The van der Waals surface area contributed by atoms with Gasteiger partial charge in [-0.05, 0) is 37.1 Å². The summed E-state index contributed by atoms with van der Waals surface area (Å²) in [4.78, 5) is 6.05. The fourth-order valence-electron chi connectivity index (χ4n) is 4.47. The molecule has 13 heteroatoms. The molecule has 1 saturated heterocycles. The molecule has 3 aromatic heterocycles. The normalized spacial score (nSPS) is 17.8. The standard InChI is InChI=1S/C24H25F3N6O2.2ClH/c1-14(34)13-35-19-4-2-3-15-5-7-18(29-21(15)19)23-31-30-20-8-6-16(11-33(20)23)22(24(25,26)27)32-10-9-17(28)12-32;;/h2-8,11,14,17,22,34H,9-10,12-13,28H2,1H3;2*1H/t14-,17-,22+;;/m0../s1. The summed E-state index contributed by atoms with van der Waals surface area (Å²) in [6.07, 6.45) is -3.18. The number of hydrogen-bond donors (Lipinski definition) is 2. The number of halogens is 5. The molecule has 1 aliphatic rings. The summed E-state index contributed by atoms with van der Waals surface area (Å²) in [7, 11) is 0. The Balaban J connectivity index is 0.00000190. The minimum atomic E-state index is -4.47. The van der Waals surface area contributed by atoms with E-state index in [4.69, 9.17) is 10.5 Å². The molecule has 37 heavy (non-hydrogen) atoms. The van der Waals surface area contributed by atoms with Gasteiger partial charge in [0.15, 0.2) is 11.5 Å². The second-order valence-corrected chi connectivity index (χ2v) is 8.89. The molecule has 1 fully saturated rings.